The summed E-state index contributed by atoms with van der Waals surface area (Å²) in [7, 11) is 0. The number of aliphatic hydroxyl groups is 1. The molecule has 1 aromatic carbocycles. The Kier molecular flexibility index (Phi) is 8.99. The molecule has 2 aliphatic rings. The second kappa shape index (κ2) is 12.3. The number of benzene rings is 1. The zero-order valence-corrected chi connectivity index (χ0v) is 22.3. The monoisotopic (exact) mass is 597 g/mol. The topological polar surface area (TPSA) is 164 Å². The molecule has 4 N–H and O–H groups in total. The molecule has 0 bridgehead atoms. The largest absolute Gasteiger partial charge is 0.507 e. The number of aromatic nitrogens is 1. The molecule has 1 aromatic heterocycles. The molecule has 4 rings (SSSR count). The lowest BCUT2D eigenvalue weighted by Crippen LogP contribution is -2.59. The third-order valence-electron chi connectivity index (χ3n) is 7.15. The number of nitrogens with zero attached hydrogens (tertiary/aromatic N) is 1. The molecule has 0 spiro atoms. The number of amides is 2. The summed E-state index contributed by atoms with van der Waals surface area (Å²) in [6.45, 7) is 2.39. The Labute approximate surface area is 236 Å². The number of cyclic esters (lactones) is 2. The van der Waals surface area contributed by atoms with E-state index in [-0.39, 0.29) is 5.56 Å². The Morgan fingerprint density at radius 2 is 1.69 bits per heavy atom. The van der Waals surface area contributed by atoms with Crippen molar-refractivity contribution in [2.45, 2.75) is 63.5 Å². The van der Waals surface area contributed by atoms with Gasteiger partial charge in [-0.15, -0.1) is 0 Å². The summed E-state index contributed by atoms with van der Waals surface area (Å²) in [5, 5.41) is 25.7. The first-order valence-corrected chi connectivity index (χ1v) is 13.0. The van der Waals surface area contributed by atoms with E-state index >= 15 is 0 Å². The van der Waals surface area contributed by atoms with Crippen molar-refractivity contribution in [3.8, 4) is 5.75 Å². The van der Waals surface area contributed by atoms with Crippen LogP contribution in [0.3, 0.4) is 0 Å². The zero-order valence-electron chi connectivity index (χ0n) is 22.3. The third kappa shape index (κ3) is 6.45. The maximum Gasteiger partial charge on any atom is 0.348 e. The molecule has 11 nitrogen and oxygen atoms in total. The first-order chi connectivity index (χ1) is 19.8. The highest BCUT2D eigenvalue weighted by molar-refractivity contribution is 6.00. The number of hydrogen-bond acceptors (Lipinski definition) is 9. The van der Waals surface area contributed by atoms with Crippen LogP contribution in [0.25, 0.3) is 0 Å². The third-order valence-corrected chi connectivity index (χ3v) is 7.15. The number of phenols is 1. The van der Waals surface area contributed by atoms with Crippen molar-refractivity contribution < 1.29 is 56.4 Å². The minimum absolute atomic E-state index is 0.248. The number of pyridine rings is 1. The van der Waals surface area contributed by atoms with E-state index in [1.165, 1.54) is 31.2 Å². The van der Waals surface area contributed by atoms with Crippen molar-refractivity contribution in [2.75, 3.05) is 0 Å². The summed E-state index contributed by atoms with van der Waals surface area (Å²) in [6, 6.07) is 1.84. The lowest BCUT2D eigenvalue weighted by Gasteiger charge is -2.33. The van der Waals surface area contributed by atoms with Gasteiger partial charge in [-0.25, -0.2) is 9.18 Å². The SMILES string of the molecule is CC1OC(=O)C(C2CC2)OC(=O)C(C)C(O)C(Cc2c(F)nc(F)c(F)c2F)NC(=O)C1NC(=O)c1ccccc1O. The number of hydrogen-bond donors (Lipinski definition) is 4. The normalized spacial score (nSPS) is 27.2. The molecular formula is C27H27F4N3O8. The van der Waals surface area contributed by atoms with Gasteiger partial charge in [-0.3, -0.25) is 14.4 Å². The van der Waals surface area contributed by atoms with E-state index < -0.39 is 107 Å². The molecule has 2 heterocycles. The maximum absolute atomic E-state index is 14.5. The molecule has 42 heavy (non-hydrogen) atoms. The number of aromatic hydroxyl groups is 1. The fourth-order valence-corrected chi connectivity index (χ4v) is 4.49. The van der Waals surface area contributed by atoms with Crippen LogP contribution in [-0.2, 0) is 30.3 Å². The average molecular weight is 598 g/mol. The van der Waals surface area contributed by atoms with E-state index in [1.807, 2.05) is 0 Å². The molecule has 1 saturated carbocycles. The Hall–Kier alpha value is -4.27. The van der Waals surface area contributed by atoms with Crippen molar-refractivity contribution in [3.05, 3.63) is 58.9 Å². The molecule has 1 aliphatic heterocycles. The van der Waals surface area contributed by atoms with E-state index in [0.29, 0.717) is 12.8 Å². The van der Waals surface area contributed by atoms with Crippen LogP contribution in [0.1, 0.15) is 42.6 Å². The molecule has 6 unspecified atom stereocenters. The molecule has 6 atom stereocenters. The van der Waals surface area contributed by atoms with Crippen LogP contribution >= 0.6 is 0 Å². The van der Waals surface area contributed by atoms with Crippen LogP contribution in [0.4, 0.5) is 17.6 Å². The lowest BCUT2D eigenvalue weighted by atomic mass is 9.92. The van der Waals surface area contributed by atoms with E-state index in [9.17, 15) is 47.0 Å². The van der Waals surface area contributed by atoms with E-state index in [1.54, 1.807) is 0 Å². The highest BCUT2D eigenvalue weighted by atomic mass is 19.2. The van der Waals surface area contributed by atoms with Crippen LogP contribution in [0.2, 0.25) is 0 Å². The second-order valence-electron chi connectivity index (χ2n) is 10.2. The molecule has 2 fully saturated rings. The van der Waals surface area contributed by atoms with Gasteiger partial charge in [0.2, 0.25) is 23.8 Å². The number of phenolic OH excluding ortho intramolecular Hbond substituents is 1. The summed E-state index contributed by atoms with van der Waals surface area (Å²) < 4.78 is 67.0. The lowest BCUT2D eigenvalue weighted by molar-refractivity contribution is -0.178. The molecule has 226 valence electrons. The van der Waals surface area contributed by atoms with Gasteiger partial charge < -0.3 is 30.3 Å². The van der Waals surface area contributed by atoms with Crippen LogP contribution in [0.5, 0.6) is 5.75 Å². The van der Waals surface area contributed by atoms with E-state index in [0.717, 1.165) is 6.92 Å². The van der Waals surface area contributed by atoms with Gasteiger partial charge in [-0.2, -0.15) is 18.2 Å². The van der Waals surface area contributed by atoms with Crippen LogP contribution < -0.4 is 10.6 Å². The van der Waals surface area contributed by atoms with Gasteiger partial charge >= 0.3 is 11.9 Å². The zero-order chi connectivity index (χ0) is 30.9. The predicted molar refractivity (Wildman–Crippen MR) is 132 cm³/mol. The van der Waals surface area contributed by atoms with Gasteiger partial charge in [-0.05, 0) is 38.8 Å². The van der Waals surface area contributed by atoms with Gasteiger partial charge in [0.1, 0.15) is 17.9 Å². The fourth-order valence-electron chi connectivity index (χ4n) is 4.49. The maximum atomic E-state index is 14.5. The van der Waals surface area contributed by atoms with Crippen molar-refractivity contribution in [2.24, 2.45) is 11.8 Å². The van der Waals surface area contributed by atoms with Crippen LogP contribution in [0.15, 0.2) is 24.3 Å². The Morgan fingerprint density at radius 1 is 1.02 bits per heavy atom. The van der Waals surface area contributed by atoms with Crippen molar-refractivity contribution in [1.82, 2.24) is 15.6 Å². The second-order valence-corrected chi connectivity index (χ2v) is 10.2. The minimum atomic E-state index is -2.10. The molecule has 2 amide bonds. The highest BCUT2D eigenvalue weighted by Crippen LogP contribution is 2.36. The number of rotatable bonds is 5. The molecule has 2 aromatic rings. The summed E-state index contributed by atoms with van der Waals surface area (Å²) in [6.07, 6.45) is -4.80. The van der Waals surface area contributed by atoms with Gasteiger partial charge in [0.05, 0.1) is 23.6 Å². The highest BCUT2D eigenvalue weighted by Gasteiger charge is 2.45. The molecule has 15 heteroatoms. The van der Waals surface area contributed by atoms with Crippen molar-refractivity contribution in [1.29, 1.82) is 0 Å². The smallest absolute Gasteiger partial charge is 0.348 e. The number of ether oxygens (including phenoxy) is 2. The fraction of sp³-hybridized carbons (Fsp3) is 0.444. The number of halogens is 4. The van der Waals surface area contributed by atoms with Gasteiger partial charge in [-0.1, -0.05) is 12.1 Å². The van der Waals surface area contributed by atoms with Crippen molar-refractivity contribution >= 4 is 23.8 Å². The Morgan fingerprint density at radius 3 is 2.33 bits per heavy atom. The van der Waals surface area contributed by atoms with E-state index in [4.69, 9.17) is 9.47 Å². The van der Waals surface area contributed by atoms with Crippen molar-refractivity contribution in [3.63, 3.8) is 0 Å². The Bertz CT molecular complexity index is 1410. The molecule has 1 saturated heterocycles. The molecular weight excluding hydrogens is 570 g/mol. The number of esters is 2. The number of nitrogens with one attached hydrogen (secondary N) is 2. The molecule has 0 radical (unpaired) electrons. The summed E-state index contributed by atoms with van der Waals surface area (Å²) in [5.41, 5.74) is -1.39. The summed E-state index contributed by atoms with van der Waals surface area (Å²) in [4.78, 5) is 55.0. The molecule has 1 aliphatic carbocycles. The number of para-hydroxylation sites is 1. The number of carbonyl (C=O) groups excluding carboxylic acids is 4. The van der Waals surface area contributed by atoms with Gasteiger partial charge in [0, 0.05) is 17.9 Å². The Balaban J connectivity index is 1.73. The summed E-state index contributed by atoms with van der Waals surface area (Å²) >= 11 is 0. The number of aliphatic hydroxyl groups excluding tert-OH is 1. The average Bonchev–Trinajstić information content (AvgIpc) is 3.78. The number of carbonyl (C=O) groups is 4. The standard InChI is InChI=1S/C27H27F4N3O8/c1-10-20(36)15(9-14-17(28)18(29)23(31)34-22(14)30)32-25(38)19(33-24(37)13-5-3-4-6-16(13)35)11(2)41-27(40)21(12-7-8-12)42-26(10)39/h3-6,10-12,15,19-21,35-36H,7-9H2,1-2H3,(H,32,38)(H,33,37). The first kappa shape index (κ1) is 30.7. The van der Waals surface area contributed by atoms with Gasteiger partial charge in [0.25, 0.3) is 11.9 Å². The summed E-state index contributed by atoms with van der Waals surface area (Å²) in [5.74, 6) is -14.5. The minimum Gasteiger partial charge on any atom is -0.507 e. The van der Waals surface area contributed by atoms with Crippen LogP contribution in [0, 0.1) is 35.4 Å². The van der Waals surface area contributed by atoms with Crippen LogP contribution in [-0.4, -0.2) is 69.3 Å². The first-order valence-electron chi connectivity index (χ1n) is 13.0. The van der Waals surface area contributed by atoms with E-state index in [2.05, 4.69) is 15.6 Å². The van der Waals surface area contributed by atoms with Gasteiger partial charge in [0.15, 0.2) is 5.82 Å². The predicted octanol–water partition coefficient (Wildman–Crippen LogP) is 1.43. The quantitative estimate of drug-likeness (QED) is 0.227.